The van der Waals surface area contributed by atoms with Gasteiger partial charge in [-0.2, -0.15) is 18.3 Å². The number of hydrogen-bond donors (Lipinski definition) is 0. The molecular formula is C141H182N5+5. The van der Waals surface area contributed by atoms with Gasteiger partial charge in [-0.05, 0) is 332 Å². The van der Waals surface area contributed by atoms with Crippen LogP contribution >= 0.6 is 0 Å². The molecule has 5 heteroatoms. The molecule has 0 N–H and O–H groups in total. The molecule has 5 aliphatic rings. The van der Waals surface area contributed by atoms with Crippen molar-refractivity contribution in [3.05, 3.63) is 323 Å². The van der Waals surface area contributed by atoms with Gasteiger partial charge in [-0.15, -0.1) is 0 Å². The van der Waals surface area contributed by atoms with Crippen molar-refractivity contribution in [2.24, 2.45) is 64.8 Å². The maximum Gasteiger partial charge on any atom is 0.220 e. The maximum atomic E-state index is 8.89. The van der Waals surface area contributed by atoms with Crippen molar-refractivity contribution < 1.29 is 31.1 Å². The SMILES string of the molecule is [2H]c1c(C)[n+](C)c(-c2cc(C(C)(C)C)cc(C)c2C)c2ccc(CC3CCCC3)cc12.[2H]c1c(C)[n+](C)c(-c2cc(C(C)(C)C)ccc2C)c2ccc(CC3CCCC3)cc12.[2H]c1c(C)[n+](C)c(-c2cc(C(C)C)cc(C)c2C)c2ccc(CC3CCCC3)cc12.[2H]c1c(C)[n+](C)c(-c2cc(C(C)C)ccc2C)c2ccc(CC3CCCC3)cc12.[2H]c1c([2H])[n+](C)c(-c2cc(C(C)C)cc(C(C)C)c2C)c2ccc(CC3CCCC3)cc12. The fourth-order valence-corrected chi connectivity index (χ4v) is 24.9. The van der Waals surface area contributed by atoms with Crippen molar-refractivity contribution in [2.75, 3.05) is 0 Å². The van der Waals surface area contributed by atoms with Crippen LogP contribution < -0.4 is 22.8 Å². The number of fused-ring (bicyclic) bond motifs is 5. The molecule has 20 rings (SSSR count). The second kappa shape index (κ2) is 46.2. The molecule has 0 spiro atoms. The van der Waals surface area contributed by atoms with Gasteiger partial charge < -0.3 is 0 Å². The molecule has 0 atom stereocenters. The van der Waals surface area contributed by atoms with Crippen LogP contribution in [0.25, 0.3) is 110 Å². The van der Waals surface area contributed by atoms with Crippen molar-refractivity contribution >= 4 is 53.9 Å². The molecule has 0 aliphatic heterocycles. The predicted molar refractivity (Wildman–Crippen MR) is 627 cm³/mol. The van der Waals surface area contributed by atoms with Gasteiger partial charge in [0, 0.05) is 63.5 Å². The van der Waals surface area contributed by atoms with Gasteiger partial charge in [0.25, 0.3) is 0 Å². The summed E-state index contributed by atoms with van der Waals surface area (Å²) in [6.07, 6.45) is 33.3. The summed E-state index contributed by atoms with van der Waals surface area (Å²) in [6.45, 7) is 55.6. The number of benzene rings is 10. The second-order valence-corrected chi connectivity index (χ2v) is 49.3. The fourth-order valence-electron chi connectivity index (χ4n) is 24.9. The molecule has 5 nitrogen and oxygen atoms in total. The van der Waals surface area contributed by atoms with Crippen LogP contribution in [0, 0.1) is 106 Å². The van der Waals surface area contributed by atoms with E-state index in [-0.39, 0.29) is 17.0 Å². The zero-order chi connectivity index (χ0) is 110. The van der Waals surface area contributed by atoms with Crippen LogP contribution in [-0.2, 0) is 78.2 Å². The third kappa shape index (κ3) is 24.5. The molecule has 0 radical (unpaired) electrons. The Balaban J connectivity index is 0.000000135. The Labute approximate surface area is 891 Å². The fraction of sp³-hybridized carbons (Fsp3) is 0.468. The minimum Gasteiger partial charge on any atom is -0.200 e. The first-order valence-corrected chi connectivity index (χ1v) is 56.8. The lowest BCUT2D eigenvalue weighted by Gasteiger charge is -2.22. The zero-order valence-electron chi connectivity index (χ0n) is 102. The van der Waals surface area contributed by atoms with Crippen LogP contribution in [0.3, 0.4) is 0 Å². The highest BCUT2D eigenvalue weighted by Gasteiger charge is 2.33. The van der Waals surface area contributed by atoms with Crippen LogP contribution in [-0.4, -0.2) is 0 Å². The van der Waals surface area contributed by atoms with Crippen molar-refractivity contribution in [2.45, 2.75) is 368 Å². The van der Waals surface area contributed by atoms with Crippen molar-refractivity contribution in [1.82, 2.24) is 0 Å². The third-order valence-corrected chi connectivity index (χ3v) is 35.0. The van der Waals surface area contributed by atoms with E-state index in [2.05, 4.69) is 383 Å². The number of aryl methyl sites for hydroxylation is 4. The maximum absolute atomic E-state index is 8.89. The Morgan fingerprint density at radius 1 is 0.267 bits per heavy atom. The largest absolute Gasteiger partial charge is 0.220 e. The second-order valence-electron chi connectivity index (χ2n) is 49.3. The Kier molecular flexibility index (Phi) is 31.6. The first kappa shape index (κ1) is 99.8. The lowest BCUT2D eigenvalue weighted by Crippen LogP contribution is -2.35. The van der Waals surface area contributed by atoms with Crippen LogP contribution in [0.15, 0.2) is 200 Å². The minimum atomic E-state index is 0.0977. The molecule has 10 aromatic carbocycles. The highest BCUT2D eigenvalue weighted by molar-refractivity contribution is 5.99. The number of hydrogen-bond acceptors (Lipinski definition) is 0. The molecule has 5 aliphatic carbocycles. The standard InChI is InChI=1S/2C29H38N.2C28H36N.C27H34N/c1-19-14-25(29(4,5)6)18-27(21(19)3)28-26-13-12-23(16-22-10-8-9-11-22)17-24(26)15-20(2)30(28)7;1-19(2)25-17-27(20(3)4)21(5)28(18-25)29-26-12-11-23(15-22-9-7-8-10-22)16-24(26)13-14-30(29)6;1-19-11-13-24(28(3,4)5)18-26(19)27-25-14-12-22(16-21-9-7-8-10-21)17-23(25)15-20(2)29(27)6;1-18(2)24-13-19(3)21(5)27(17-24)28-26-12-11-23(15-22-9-7-8-10-22)16-25(26)14-20(4)29(28)6;1-18(2)23-12-10-19(3)26(17-23)27-25-13-11-22(15-21-8-6-7-9-21)16-24(25)14-20(4)28(27)5/h12-15,17-18,22H,8-11,16H2,1-7H3;11-14,16-20,22H,7-10,15H2,1-6H3;11-15,17-18,21H,7-10,16H2,1-6H3;11-14,16-18,22H,7-10,15H2,1-6H3;10-14,16-18,21H,6-9,15H2,1-5H3/q5*+1/i15D;13D,14D;15D;2*14D. The summed E-state index contributed by atoms with van der Waals surface area (Å²) >= 11 is 0. The lowest BCUT2D eigenvalue weighted by atomic mass is 9.82. The van der Waals surface area contributed by atoms with Gasteiger partial charge >= 0.3 is 0 Å². The van der Waals surface area contributed by atoms with Crippen molar-refractivity contribution in [1.29, 1.82) is 0 Å². The quantitative estimate of drug-likeness (QED) is 0.0719. The van der Waals surface area contributed by atoms with Crippen LogP contribution in [0.2, 0.25) is 0 Å². The lowest BCUT2D eigenvalue weighted by molar-refractivity contribution is -0.665. The molecule has 766 valence electrons. The molecule has 5 saturated carbocycles. The van der Waals surface area contributed by atoms with Gasteiger partial charge in [-0.3, -0.25) is 0 Å². The summed E-state index contributed by atoms with van der Waals surface area (Å²) in [5.74, 6) is 5.93. The van der Waals surface area contributed by atoms with Crippen LogP contribution in [0.5, 0.6) is 0 Å². The van der Waals surface area contributed by atoms with Gasteiger partial charge in [0.15, 0.2) is 28.9 Å². The summed E-state index contributed by atoms with van der Waals surface area (Å²) in [5.41, 5.74) is 40.9. The summed E-state index contributed by atoms with van der Waals surface area (Å²) in [6, 6.07) is 65.0. The molecule has 5 aromatic heterocycles. The molecule has 146 heavy (non-hydrogen) atoms. The molecule has 0 saturated heterocycles. The first-order chi connectivity index (χ1) is 72.1. The molecule has 5 heterocycles. The molecule has 0 bridgehead atoms. The van der Waals surface area contributed by atoms with E-state index < -0.39 is 0 Å². The average molecular weight is 1950 g/mol. The summed E-state index contributed by atoms with van der Waals surface area (Å²) in [7, 11) is 10.4. The molecular weight excluding hydrogens is 1760 g/mol. The predicted octanol–water partition coefficient (Wildman–Crippen LogP) is 35.8. The topological polar surface area (TPSA) is 19.4 Å². The Hall–Kier alpha value is -10.8. The van der Waals surface area contributed by atoms with E-state index in [1.165, 1.54) is 301 Å². The molecule has 15 aromatic rings. The van der Waals surface area contributed by atoms with E-state index in [1.807, 2.05) is 11.6 Å². The van der Waals surface area contributed by atoms with E-state index in [0.29, 0.717) is 53.9 Å². The van der Waals surface area contributed by atoms with E-state index in [4.69, 9.17) is 8.22 Å². The normalized spacial score (nSPS) is 15.7. The Morgan fingerprint density at radius 2 is 0.548 bits per heavy atom. The first-order valence-electron chi connectivity index (χ1n) is 59.8. The van der Waals surface area contributed by atoms with Gasteiger partial charge in [-0.1, -0.05) is 328 Å². The van der Waals surface area contributed by atoms with Gasteiger partial charge in [0.2, 0.25) is 28.5 Å². The molecule has 0 unspecified atom stereocenters. The van der Waals surface area contributed by atoms with E-state index in [0.717, 1.165) is 122 Å². The summed E-state index contributed by atoms with van der Waals surface area (Å²) < 4.78 is 63.7. The average Bonchev–Trinajstić information content (AvgIpc) is 0.764. The van der Waals surface area contributed by atoms with Crippen LogP contribution in [0.1, 0.15) is 380 Å². The highest BCUT2D eigenvalue weighted by atomic mass is 15.0. The Bertz CT molecular complexity index is 7650. The van der Waals surface area contributed by atoms with Crippen LogP contribution in [0.4, 0.5) is 0 Å². The van der Waals surface area contributed by atoms with E-state index in [9.17, 15) is 0 Å². The van der Waals surface area contributed by atoms with E-state index >= 15 is 0 Å². The summed E-state index contributed by atoms with van der Waals surface area (Å²) in [5, 5.41) is 11.2. The third-order valence-electron chi connectivity index (χ3n) is 35.0. The number of aromatic nitrogens is 5. The highest BCUT2D eigenvalue weighted by Crippen LogP contribution is 2.45. The van der Waals surface area contributed by atoms with Crippen molar-refractivity contribution in [3.8, 4) is 56.3 Å². The number of nitrogens with zero attached hydrogens (tertiary/aromatic N) is 5. The minimum absolute atomic E-state index is 0.0977. The van der Waals surface area contributed by atoms with E-state index in [1.54, 1.807) is 0 Å². The molecule has 5 fully saturated rings. The monoisotopic (exact) mass is 1950 g/mol. The zero-order valence-corrected chi connectivity index (χ0v) is 95.7. The Morgan fingerprint density at radius 3 is 0.884 bits per heavy atom. The number of rotatable bonds is 19. The van der Waals surface area contributed by atoms with Gasteiger partial charge in [-0.25, -0.2) is 4.57 Å². The van der Waals surface area contributed by atoms with Gasteiger partial charge in [0.05, 0.1) is 56.0 Å². The summed E-state index contributed by atoms with van der Waals surface area (Å²) in [4.78, 5) is 0. The molecule has 0 amide bonds. The number of pyridine rings is 5. The smallest absolute Gasteiger partial charge is 0.200 e. The van der Waals surface area contributed by atoms with Gasteiger partial charge in [0.1, 0.15) is 36.6 Å². The van der Waals surface area contributed by atoms with Crippen molar-refractivity contribution in [3.63, 3.8) is 0 Å².